The van der Waals surface area contributed by atoms with E-state index in [2.05, 4.69) is 35.2 Å². The van der Waals surface area contributed by atoms with E-state index in [0.717, 1.165) is 19.2 Å². The Morgan fingerprint density at radius 3 is 2.59 bits per heavy atom. The zero-order chi connectivity index (χ0) is 32.0. The molecule has 8 rings (SSSR count). The minimum atomic E-state index is -1.62. The van der Waals surface area contributed by atoms with E-state index in [9.17, 15) is 29.6 Å². The lowest BCUT2D eigenvalue weighted by atomic mass is 9.53. The number of non-ortho nitro benzene ring substituents is 1. The standard InChI is InChI=1S/C21H22N2O2.C10H10N2O6.CH4O.H2O/c24-18-10-16-19-13-9-17-21(6-7-22(17)11-12(13)5-8-25-16)14-3-1-2-4-15(14)23(18)20(19)21;13-5-8(10(15)16)11-9(14)6-1-3-7(4-2-6)12(17)18;1-2;/h1-5,13,16-17,19-20H,6-11H2;1-4,8,13H,5H2,(H,11,14)(H,15,16);2H,1H3;1H2/t13-,16-,17-,19-,20-,21+;8-;;/m00../s1. The number of carbonyl (C=O) groups excluding carboxylic acids is 3. The summed E-state index contributed by atoms with van der Waals surface area (Å²) in [6.07, 6.45) is 5.54. The Kier molecular flexibility index (Phi) is 9.29. The van der Waals surface area contributed by atoms with Gasteiger partial charge in [-0.1, -0.05) is 24.3 Å². The van der Waals surface area contributed by atoms with Crippen LogP contribution in [0, 0.1) is 22.0 Å². The van der Waals surface area contributed by atoms with Gasteiger partial charge < -0.3 is 45.4 Å². The van der Waals surface area contributed by atoms with Gasteiger partial charge in [0.2, 0.25) is 5.91 Å². The molecule has 5 heterocycles. The van der Waals surface area contributed by atoms with Crippen LogP contribution in [0.4, 0.5) is 11.4 Å². The smallest absolute Gasteiger partial charge is 0.269 e. The maximum Gasteiger partial charge on any atom is 0.269 e. The molecule has 6 aliphatic rings. The van der Waals surface area contributed by atoms with Crippen molar-refractivity contribution in [2.24, 2.45) is 11.8 Å². The Morgan fingerprint density at radius 2 is 1.91 bits per heavy atom. The average molecular weight is 639 g/mol. The van der Waals surface area contributed by atoms with Crippen molar-refractivity contribution in [3.63, 3.8) is 0 Å². The van der Waals surface area contributed by atoms with Gasteiger partial charge in [-0.15, -0.1) is 0 Å². The van der Waals surface area contributed by atoms with Crippen molar-refractivity contribution in [2.75, 3.05) is 38.3 Å². The number of hydrogen-bond acceptors (Lipinski definition) is 9. The third kappa shape index (κ3) is 5.06. The zero-order valence-electron chi connectivity index (χ0n) is 25.3. The molecule has 3 saturated heterocycles. The van der Waals surface area contributed by atoms with Crippen LogP contribution in [0.3, 0.4) is 0 Å². The third-order valence-corrected chi connectivity index (χ3v) is 10.5. The largest absolute Gasteiger partial charge is 0.548 e. The van der Waals surface area contributed by atoms with Crippen LogP contribution in [0.2, 0.25) is 0 Å². The summed E-state index contributed by atoms with van der Waals surface area (Å²) < 4.78 is 6.26. The monoisotopic (exact) mass is 638 g/mol. The molecule has 5 aliphatic heterocycles. The number of rotatable bonds is 5. The van der Waals surface area contributed by atoms with Crippen molar-refractivity contribution in [1.29, 1.82) is 0 Å². The van der Waals surface area contributed by atoms with Gasteiger partial charge in [-0.05, 0) is 35.3 Å². The number of aliphatic carboxylic acids is 1. The number of amides is 2. The number of nitro benzene ring substituents is 1. The van der Waals surface area contributed by atoms with Gasteiger partial charge in [0.05, 0.1) is 67.2 Å². The van der Waals surface area contributed by atoms with Gasteiger partial charge in [0.15, 0.2) is 0 Å². The lowest BCUT2D eigenvalue weighted by molar-refractivity contribution is -0.916. The molecular weight excluding hydrogens is 600 g/mol. The summed E-state index contributed by atoms with van der Waals surface area (Å²) in [5, 5.41) is 38.5. The fraction of sp³-hybridized carbons (Fsp3) is 0.469. The molecule has 2 aromatic rings. The van der Waals surface area contributed by atoms with Gasteiger partial charge in [0.25, 0.3) is 11.6 Å². The van der Waals surface area contributed by atoms with Gasteiger partial charge in [0, 0.05) is 49.3 Å². The molecule has 6 N–H and O–H groups in total. The van der Waals surface area contributed by atoms with Crippen LogP contribution in [0.25, 0.3) is 0 Å². The number of aliphatic hydroxyl groups is 2. The molecule has 8 atom stereocenters. The molecule has 1 saturated carbocycles. The number of carbonyl (C=O) groups is 3. The van der Waals surface area contributed by atoms with E-state index in [1.54, 1.807) is 10.5 Å². The molecule has 0 radical (unpaired) electrons. The maximum atomic E-state index is 13.2. The summed E-state index contributed by atoms with van der Waals surface area (Å²) in [4.78, 5) is 48.9. The SMILES string of the molecule is CO.O.O=C(N[C@@H](CO)C(=O)[O-])c1ccc([N+](=O)[O-])cc1.O=C1C[C@@H]2OCC=C3C[NH+]4CC[C@]56c7ccccc7N1[C@H]5[C@H]2[C@H]3C[C@H]46. The van der Waals surface area contributed by atoms with E-state index in [1.165, 1.54) is 49.3 Å². The Morgan fingerprint density at radius 1 is 1.20 bits per heavy atom. The molecule has 46 heavy (non-hydrogen) atoms. The van der Waals surface area contributed by atoms with Crippen LogP contribution in [-0.4, -0.2) is 96.0 Å². The second-order valence-corrected chi connectivity index (χ2v) is 12.3. The minimum absolute atomic E-state index is 0. The van der Waals surface area contributed by atoms with E-state index < -0.39 is 29.4 Å². The number of piperidine rings is 2. The van der Waals surface area contributed by atoms with E-state index in [1.807, 2.05) is 5.32 Å². The van der Waals surface area contributed by atoms with Gasteiger partial charge in [-0.25, -0.2) is 0 Å². The first-order valence-corrected chi connectivity index (χ1v) is 15.1. The first kappa shape index (κ1) is 33.2. The topological polar surface area (TPSA) is 218 Å². The van der Waals surface area contributed by atoms with Crippen LogP contribution < -0.4 is 20.2 Å². The Hall–Kier alpha value is -4.21. The summed E-state index contributed by atoms with van der Waals surface area (Å²) in [5.41, 5.74) is 4.31. The predicted octanol–water partition coefficient (Wildman–Crippen LogP) is -2.11. The average Bonchev–Trinajstić information content (AvgIpc) is 3.53. The number of fused-ring (bicyclic) bond motifs is 2. The molecule has 4 fully saturated rings. The number of carboxylic acids is 1. The molecular formula is C32H38N4O10. The highest BCUT2D eigenvalue weighted by Crippen LogP contribution is 2.62. The Labute approximate surface area is 264 Å². The van der Waals surface area contributed by atoms with Gasteiger partial charge in [-0.3, -0.25) is 19.7 Å². The molecule has 2 bridgehead atoms. The maximum absolute atomic E-state index is 13.2. The number of benzene rings is 2. The van der Waals surface area contributed by atoms with Gasteiger partial charge >= 0.3 is 0 Å². The first-order chi connectivity index (χ1) is 21.7. The third-order valence-electron chi connectivity index (χ3n) is 10.5. The molecule has 2 amide bonds. The van der Waals surface area contributed by atoms with Gasteiger partial charge in [0.1, 0.15) is 6.04 Å². The number of nitro groups is 1. The number of hydrogen-bond donors (Lipinski definition) is 4. The van der Waals surface area contributed by atoms with Crippen LogP contribution in [-0.2, 0) is 19.7 Å². The second kappa shape index (κ2) is 12.9. The van der Waals surface area contributed by atoms with E-state index in [0.29, 0.717) is 36.9 Å². The summed E-state index contributed by atoms with van der Waals surface area (Å²) in [7, 11) is 1.00. The fourth-order valence-corrected chi connectivity index (χ4v) is 8.89. The Balaban J connectivity index is 0.000000178. The van der Waals surface area contributed by atoms with Crippen LogP contribution in [0.1, 0.15) is 35.2 Å². The number of ether oxygens (including phenoxy) is 1. The van der Waals surface area contributed by atoms with Crippen molar-refractivity contribution in [3.05, 3.63) is 81.4 Å². The molecule has 1 unspecified atom stereocenters. The predicted molar refractivity (Wildman–Crippen MR) is 161 cm³/mol. The number of para-hydroxylation sites is 1. The summed E-state index contributed by atoms with van der Waals surface area (Å²) in [5.74, 6) is -0.995. The van der Waals surface area contributed by atoms with E-state index in [4.69, 9.17) is 14.9 Å². The highest BCUT2D eigenvalue weighted by molar-refractivity contribution is 5.99. The summed E-state index contributed by atoms with van der Waals surface area (Å²) in [6.45, 7) is 2.35. The summed E-state index contributed by atoms with van der Waals surface area (Å²) in [6, 6.07) is 12.8. The van der Waals surface area contributed by atoms with Crippen molar-refractivity contribution in [1.82, 2.24) is 5.32 Å². The molecule has 0 aromatic heterocycles. The zero-order valence-corrected chi connectivity index (χ0v) is 25.3. The molecule has 14 heteroatoms. The molecule has 14 nitrogen and oxygen atoms in total. The number of nitrogens with zero attached hydrogens (tertiary/aromatic N) is 2. The van der Waals surface area contributed by atoms with Crippen molar-refractivity contribution in [3.8, 4) is 0 Å². The number of quaternary nitrogens is 1. The van der Waals surface area contributed by atoms with Crippen molar-refractivity contribution >= 4 is 29.2 Å². The minimum Gasteiger partial charge on any atom is -0.548 e. The number of anilines is 1. The fourth-order valence-electron chi connectivity index (χ4n) is 8.89. The van der Waals surface area contributed by atoms with Crippen LogP contribution in [0.15, 0.2) is 60.2 Å². The van der Waals surface area contributed by atoms with E-state index >= 15 is 0 Å². The van der Waals surface area contributed by atoms with Crippen molar-refractivity contribution in [2.45, 2.75) is 48.9 Å². The highest BCUT2D eigenvalue weighted by Gasteiger charge is 2.73. The van der Waals surface area contributed by atoms with Crippen LogP contribution in [0.5, 0.6) is 0 Å². The number of nitrogens with one attached hydrogen (secondary N) is 2. The number of carboxylic acid groups (broad SMARTS) is 1. The summed E-state index contributed by atoms with van der Waals surface area (Å²) >= 11 is 0. The normalized spacial score (nSPS) is 30.8. The molecule has 2 aromatic carbocycles. The lowest BCUT2D eigenvalue weighted by Crippen LogP contribution is -3.16. The molecule has 1 aliphatic carbocycles. The molecule has 246 valence electrons. The quantitative estimate of drug-likeness (QED) is 0.160. The number of aliphatic hydroxyl groups excluding tert-OH is 2. The van der Waals surface area contributed by atoms with Crippen molar-refractivity contribution < 1.29 is 49.7 Å². The lowest BCUT2D eigenvalue weighted by Gasteiger charge is -2.56. The van der Waals surface area contributed by atoms with Gasteiger partial charge in [-0.2, -0.15) is 0 Å². The van der Waals surface area contributed by atoms with E-state index in [-0.39, 0.29) is 34.2 Å². The second-order valence-electron chi connectivity index (χ2n) is 12.3. The first-order valence-electron chi connectivity index (χ1n) is 15.1. The van der Waals surface area contributed by atoms with Crippen LogP contribution >= 0.6 is 0 Å². The highest BCUT2D eigenvalue weighted by atomic mass is 16.6. The molecule has 1 spiro atoms. The Bertz CT molecular complexity index is 1550.